The van der Waals surface area contributed by atoms with Crippen LogP contribution in [-0.2, 0) is 11.2 Å². The van der Waals surface area contributed by atoms with E-state index in [1.807, 2.05) is 0 Å². The molecule has 0 fully saturated rings. The summed E-state index contributed by atoms with van der Waals surface area (Å²) >= 11 is 0. The van der Waals surface area contributed by atoms with E-state index in [1.54, 1.807) is 14.2 Å². The smallest absolute Gasteiger partial charge is 0.223 e. The van der Waals surface area contributed by atoms with Gasteiger partial charge in [-0.3, -0.25) is 4.79 Å². The lowest BCUT2D eigenvalue weighted by Gasteiger charge is -2.41. The zero-order chi connectivity index (χ0) is 20.4. The topological polar surface area (TPSA) is 38.8 Å². The van der Waals surface area contributed by atoms with Crippen molar-refractivity contribution in [3.63, 3.8) is 0 Å². The first-order valence-electron chi connectivity index (χ1n) is 10.1. The van der Waals surface area contributed by atoms with E-state index in [9.17, 15) is 4.79 Å². The van der Waals surface area contributed by atoms with E-state index in [0.29, 0.717) is 18.3 Å². The summed E-state index contributed by atoms with van der Waals surface area (Å²) < 4.78 is 11.0. The molecular weight excluding hydrogens is 338 g/mol. The molecule has 27 heavy (non-hydrogen) atoms. The molecule has 1 aromatic rings. The maximum Gasteiger partial charge on any atom is 0.223 e. The van der Waals surface area contributed by atoms with Crippen LogP contribution in [0.5, 0.6) is 11.5 Å². The summed E-state index contributed by atoms with van der Waals surface area (Å²) in [6, 6.07) is 4.23. The van der Waals surface area contributed by atoms with Gasteiger partial charge in [0.05, 0.1) is 20.3 Å². The molecule has 0 bridgehead atoms. The fraction of sp³-hybridized carbons (Fsp3) is 0.696. The minimum atomic E-state index is 0.0860. The third-order valence-corrected chi connectivity index (χ3v) is 5.36. The van der Waals surface area contributed by atoms with E-state index >= 15 is 0 Å². The fourth-order valence-corrected chi connectivity index (χ4v) is 4.51. The SMILES string of the molecule is COc1cc2c(cc1OC)[C@@H](C(C)C)N(C(=O)C[C@@H](C)CC(C)(C)C)CC2. The van der Waals surface area contributed by atoms with Gasteiger partial charge in [-0.15, -0.1) is 0 Å². The van der Waals surface area contributed by atoms with Crippen LogP contribution < -0.4 is 9.47 Å². The maximum absolute atomic E-state index is 13.2. The molecule has 0 radical (unpaired) electrons. The van der Waals surface area contributed by atoms with Gasteiger partial charge in [0.2, 0.25) is 5.91 Å². The Morgan fingerprint density at radius 2 is 1.74 bits per heavy atom. The third-order valence-electron chi connectivity index (χ3n) is 5.36. The summed E-state index contributed by atoms with van der Waals surface area (Å²) in [6.07, 6.45) is 2.53. The number of nitrogens with zero attached hydrogens (tertiary/aromatic N) is 1. The highest BCUT2D eigenvalue weighted by Crippen LogP contribution is 2.41. The summed E-state index contributed by atoms with van der Waals surface area (Å²) in [5.41, 5.74) is 2.71. The molecule has 4 heteroatoms. The summed E-state index contributed by atoms with van der Waals surface area (Å²) in [4.78, 5) is 15.3. The Morgan fingerprint density at radius 3 is 2.26 bits per heavy atom. The second kappa shape index (κ2) is 8.53. The Bertz CT molecular complexity index is 660. The second-order valence-corrected chi connectivity index (χ2v) is 9.51. The number of ether oxygens (including phenoxy) is 2. The zero-order valence-electron chi connectivity index (χ0n) is 18.4. The average Bonchev–Trinajstić information content (AvgIpc) is 2.57. The van der Waals surface area contributed by atoms with Gasteiger partial charge in [0, 0.05) is 13.0 Å². The van der Waals surface area contributed by atoms with Crippen molar-refractivity contribution >= 4 is 5.91 Å². The highest BCUT2D eigenvalue weighted by Gasteiger charge is 2.34. The van der Waals surface area contributed by atoms with Crippen molar-refractivity contribution in [3.05, 3.63) is 23.3 Å². The second-order valence-electron chi connectivity index (χ2n) is 9.51. The minimum absolute atomic E-state index is 0.0860. The number of hydrogen-bond donors (Lipinski definition) is 0. The molecule has 1 aliphatic heterocycles. The van der Waals surface area contributed by atoms with Crippen molar-refractivity contribution in [1.82, 2.24) is 4.90 Å². The van der Waals surface area contributed by atoms with Crippen molar-refractivity contribution in [3.8, 4) is 11.5 Å². The number of fused-ring (bicyclic) bond motifs is 1. The van der Waals surface area contributed by atoms with Crippen LogP contribution in [0, 0.1) is 17.3 Å². The van der Waals surface area contributed by atoms with Crippen molar-refractivity contribution in [2.45, 2.75) is 66.8 Å². The van der Waals surface area contributed by atoms with Crippen molar-refractivity contribution in [2.24, 2.45) is 17.3 Å². The Balaban J connectivity index is 2.29. The lowest BCUT2D eigenvalue weighted by atomic mass is 9.82. The van der Waals surface area contributed by atoms with Gasteiger partial charge >= 0.3 is 0 Å². The van der Waals surface area contributed by atoms with E-state index in [2.05, 4.69) is 58.6 Å². The largest absolute Gasteiger partial charge is 0.493 e. The van der Waals surface area contributed by atoms with Crippen LogP contribution in [0.2, 0.25) is 0 Å². The van der Waals surface area contributed by atoms with E-state index in [1.165, 1.54) is 11.1 Å². The number of methoxy groups -OCH3 is 2. The first-order chi connectivity index (χ1) is 12.6. The van der Waals surface area contributed by atoms with Crippen LogP contribution in [0.25, 0.3) is 0 Å². The van der Waals surface area contributed by atoms with Gasteiger partial charge in [0.15, 0.2) is 11.5 Å². The molecule has 2 atom stereocenters. The lowest BCUT2D eigenvalue weighted by molar-refractivity contribution is -0.136. The van der Waals surface area contributed by atoms with E-state index in [4.69, 9.17) is 9.47 Å². The molecule has 1 heterocycles. The summed E-state index contributed by atoms with van der Waals surface area (Å²) in [7, 11) is 3.33. The maximum atomic E-state index is 13.2. The van der Waals surface area contributed by atoms with Gasteiger partial charge in [0.25, 0.3) is 0 Å². The highest BCUT2D eigenvalue weighted by molar-refractivity contribution is 5.77. The Hall–Kier alpha value is -1.71. The Labute approximate surface area is 165 Å². The average molecular weight is 376 g/mol. The van der Waals surface area contributed by atoms with Crippen LogP contribution >= 0.6 is 0 Å². The number of carbonyl (C=O) groups is 1. The highest BCUT2D eigenvalue weighted by atomic mass is 16.5. The van der Waals surface area contributed by atoms with Crippen LogP contribution in [0.4, 0.5) is 0 Å². The summed E-state index contributed by atoms with van der Waals surface area (Å²) in [5.74, 6) is 2.49. The lowest BCUT2D eigenvalue weighted by Crippen LogP contribution is -2.42. The first kappa shape index (κ1) is 21.6. The van der Waals surface area contributed by atoms with Crippen LogP contribution in [-0.4, -0.2) is 31.6 Å². The predicted octanol–water partition coefficient (Wildman–Crippen LogP) is 5.25. The van der Waals surface area contributed by atoms with Gasteiger partial charge in [-0.2, -0.15) is 0 Å². The molecule has 0 saturated carbocycles. The molecule has 1 aliphatic rings. The number of hydrogen-bond acceptors (Lipinski definition) is 3. The van der Waals surface area contributed by atoms with E-state index < -0.39 is 0 Å². The summed E-state index contributed by atoms with van der Waals surface area (Å²) in [5, 5.41) is 0. The quantitative estimate of drug-likeness (QED) is 0.682. The standard InChI is InChI=1S/C23H37NO3/c1-15(2)22-18-13-20(27-8)19(26-7)12-17(18)9-10-24(22)21(25)11-16(3)14-23(4,5)6/h12-13,15-16,22H,9-11,14H2,1-8H3/t16-,22-/m1/s1. The van der Waals surface area contributed by atoms with E-state index in [-0.39, 0.29) is 17.4 Å². The fourth-order valence-electron chi connectivity index (χ4n) is 4.51. The molecule has 2 rings (SSSR count). The molecule has 4 nitrogen and oxygen atoms in total. The number of rotatable bonds is 6. The van der Waals surface area contributed by atoms with Crippen LogP contribution in [0.15, 0.2) is 12.1 Å². The first-order valence-corrected chi connectivity index (χ1v) is 10.1. The van der Waals surface area contributed by atoms with Crippen molar-refractivity contribution < 1.29 is 14.3 Å². The van der Waals surface area contributed by atoms with Gasteiger partial charge in [0.1, 0.15) is 0 Å². The third kappa shape index (κ3) is 5.18. The Morgan fingerprint density at radius 1 is 1.15 bits per heavy atom. The Kier molecular flexibility index (Phi) is 6.82. The van der Waals surface area contributed by atoms with Gasteiger partial charge < -0.3 is 14.4 Å². The number of carbonyl (C=O) groups excluding carboxylic acids is 1. The van der Waals surface area contributed by atoms with Crippen molar-refractivity contribution in [2.75, 3.05) is 20.8 Å². The van der Waals surface area contributed by atoms with Gasteiger partial charge in [-0.1, -0.05) is 41.5 Å². The molecule has 0 aromatic heterocycles. The van der Waals surface area contributed by atoms with Crippen molar-refractivity contribution in [1.29, 1.82) is 0 Å². The predicted molar refractivity (Wildman–Crippen MR) is 110 cm³/mol. The number of benzene rings is 1. The monoisotopic (exact) mass is 375 g/mol. The van der Waals surface area contributed by atoms with E-state index in [0.717, 1.165) is 30.9 Å². The normalized spacial score (nSPS) is 18.3. The summed E-state index contributed by atoms with van der Waals surface area (Å²) in [6.45, 7) is 14.1. The zero-order valence-corrected chi connectivity index (χ0v) is 18.4. The molecular formula is C23H37NO3. The molecule has 152 valence electrons. The molecule has 0 aliphatic carbocycles. The molecule has 0 unspecified atom stereocenters. The van der Waals surface area contributed by atoms with Gasteiger partial charge in [-0.25, -0.2) is 0 Å². The minimum Gasteiger partial charge on any atom is -0.493 e. The molecule has 0 saturated heterocycles. The number of amides is 1. The van der Waals surface area contributed by atoms with Gasteiger partial charge in [-0.05, 0) is 53.4 Å². The molecule has 0 spiro atoms. The van der Waals surface area contributed by atoms with Crippen LogP contribution in [0.1, 0.15) is 71.6 Å². The molecule has 0 N–H and O–H groups in total. The molecule has 1 aromatic carbocycles. The van der Waals surface area contributed by atoms with Crippen LogP contribution in [0.3, 0.4) is 0 Å². The molecule has 1 amide bonds.